The molecule has 3 nitrogen and oxygen atoms in total. The van der Waals surface area contributed by atoms with Crippen molar-refractivity contribution in [1.29, 1.82) is 0 Å². The molecule has 0 fully saturated rings. The average molecular weight is 297 g/mol. The first-order valence-corrected chi connectivity index (χ1v) is 7.57. The Hall–Kier alpha value is -2.29. The van der Waals surface area contributed by atoms with Gasteiger partial charge in [0.1, 0.15) is 5.75 Å². The summed E-state index contributed by atoms with van der Waals surface area (Å²) in [4.78, 5) is 12.5. The summed E-state index contributed by atoms with van der Waals surface area (Å²) in [5.41, 5.74) is 3.61. The van der Waals surface area contributed by atoms with Crippen LogP contribution in [0.4, 0.5) is 5.69 Å². The van der Waals surface area contributed by atoms with E-state index < -0.39 is 0 Å². The van der Waals surface area contributed by atoms with E-state index in [2.05, 4.69) is 25.2 Å². The van der Waals surface area contributed by atoms with Gasteiger partial charge in [0.05, 0.1) is 12.2 Å². The Morgan fingerprint density at radius 1 is 1.09 bits per heavy atom. The number of nitrogens with one attached hydrogen (secondary N) is 1. The molecule has 1 N–H and O–H groups in total. The van der Waals surface area contributed by atoms with Crippen molar-refractivity contribution in [3.63, 3.8) is 0 Å². The molecule has 0 bridgehead atoms. The van der Waals surface area contributed by atoms with Crippen molar-refractivity contribution in [3.8, 4) is 5.75 Å². The highest BCUT2D eigenvalue weighted by Crippen LogP contribution is 2.21. The third kappa shape index (κ3) is 4.35. The van der Waals surface area contributed by atoms with Crippen LogP contribution in [0.2, 0.25) is 0 Å². The molecular weight excluding hydrogens is 274 g/mol. The maximum atomic E-state index is 12.5. The fourth-order valence-corrected chi connectivity index (χ4v) is 2.28. The van der Waals surface area contributed by atoms with Crippen molar-refractivity contribution in [1.82, 2.24) is 0 Å². The second-order valence-electron chi connectivity index (χ2n) is 6.03. The highest BCUT2D eigenvalue weighted by Gasteiger charge is 2.13. The van der Waals surface area contributed by atoms with Gasteiger partial charge in [0.15, 0.2) is 0 Å². The molecule has 0 saturated carbocycles. The molecule has 0 aliphatic carbocycles. The zero-order valence-electron chi connectivity index (χ0n) is 13.6. The maximum Gasteiger partial charge on any atom is 0.259 e. The topological polar surface area (TPSA) is 38.3 Å². The highest BCUT2D eigenvalue weighted by molar-refractivity contribution is 6.06. The van der Waals surface area contributed by atoms with E-state index in [1.165, 1.54) is 0 Å². The van der Waals surface area contributed by atoms with E-state index in [9.17, 15) is 4.79 Å². The minimum atomic E-state index is -0.149. The number of benzene rings is 2. The molecule has 116 valence electrons. The van der Waals surface area contributed by atoms with Gasteiger partial charge in [-0.1, -0.05) is 32.0 Å². The van der Waals surface area contributed by atoms with Gasteiger partial charge in [0.2, 0.25) is 0 Å². The lowest BCUT2D eigenvalue weighted by Gasteiger charge is -2.13. The van der Waals surface area contributed by atoms with Crippen LogP contribution in [0.5, 0.6) is 5.75 Å². The van der Waals surface area contributed by atoms with E-state index in [4.69, 9.17) is 4.74 Å². The fraction of sp³-hybridized carbons (Fsp3) is 0.316. The summed E-state index contributed by atoms with van der Waals surface area (Å²) in [6.07, 6.45) is 0. The molecule has 0 aliphatic heterocycles. The molecule has 0 saturated heterocycles. The second-order valence-corrected chi connectivity index (χ2v) is 6.03. The number of carbonyl (C=O) groups excluding carboxylic acids is 1. The lowest BCUT2D eigenvalue weighted by atomic mass is 10.1. The van der Waals surface area contributed by atoms with Crippen LogP contribution in [0.25, 0.3) is 0 Å². The average Bonchev–Trinajstić information content (AvgIpc) is 2.44. The van der Waals surface area contributed by atoms with Gasteiger partial charge in [-0.3, -0.25) is 4.79 Å². The molecule has 0 aromatic heterocycles. The summed E-state index contributed by atoms with van der Waals surface area (Å²) in [5.74, 6) is 0.887. The largest absolute Gasteiger partial charge is 0.492 e. The number of carbonyl (C=O) groups is 1. The Morgan fingerprint density at radius 3 is 2.36 bits per heavy atom. The Morgan fingerprint density at radius 2 is 1.73 bits per heavy atom. The van der Waals surface area contributed by atoms with Crippen LogP contribution in [0.3, 0.4) is 0 Å². The maximum absolute atomic E-state index is 12.5. The number of amides is 1. The van der Waals surface area contributed by atoms with Crippen molar-refractivity contribution in [2.45, 2.75) is 27.7 Å². The molecule has 2 aromatic rings. The number of hydrogen-bond donors (Lipinski definition) is 1. The Balaban J connectivity index is 2.18. The molecule has 0 aliphatic rings. The number of aryl methyl sites for hydroxylation is 2. The standard InChI is InChI=1S/C19H23NO2/c1-13(2)12-22-18-8-6-5-7-17(18)19(21)20-16-10-14(3)9-15(4)11-16/h5-11,13H,12H2,1-4H3,(H,20,21). The molecule has 0 heterocycles. The quantitative estimate of drug-likeness (QED) is 0.876. The van der Waals surface area contributed by atoms with Crippen molar-refractivity contribution in [2.75, 3.05) is 11.9 Å². The van der Waals surface area contributed by atoms with Gasteiger partial charge in [-0.25, -0.2) is 0 Å². The predicted molar refractivity (Wildman–Crippen MR) is 90.6 cm³/mol. The molecule has 0 spiro atoms. The third-order valence-corrected chi connectivity index (χ3v) is 3.18. The number of hydrogen-bond acceptors (Lipinski definition) is 2. The smallest absolute Gasteiger partial charge is 0.259 e. The minimum Gasteiger partial charge on any atom is -0.492 e. The highest BCUT2D eigenvalue weighted by atomic mass is 16.5. The van der Waals surface area contributed by atoms with Gasteiger partial charge in [-0.2, -0.15) is 0 Å². The van der Waals surface area contributed by atoms with Crippen molar-refractivity contribution in [3.05, 3.63) is 59.2 Å². The number of para-hydroxylation sites is 1. The Bertz CT molecular complexity index is 642. The van der Waals surface area contributed by atoms with E-state index in [-0.39, 0.29) is 5.91 Å². The molecule has 3 heteroatoms. The van der Waals surface area contributed by atoms with Gasteiger partial charge >= 0.3 is 0 Å². The fourth-order valence-electron chi connectivity index (χ4n) is 2.28. The summed E-state index contributed by atoms with van der Waals surface area (Å²) in [6.45, 7) is 8.79. The summed E-state index contributed by atoms with van der Waals surface area (Å²) in [6, 6.07) is 13.3. The monoisotopic (exact) mass is 297 g/mol. The molecule has 0 radical (unpaired) electrons. The van der Waals surface area contributed by atoms with Crippen LogP contribution in [-0.2, 0) is 0 Å². The van der Waals surface area contributed by atoms with Crippen LogP contribution in [0.15, 0.2) is 42.5 Å². The van der Waals surface area contributed by atoms with Gasteiger partial charge in [0.25, 0.3) is 5.91 Å². The van der Waals surface area contributed by atoms with Gasteiger partial charge in [0, 0.05) is 5.69 Å². The van der Waals surface area contributed by atoms with Crippen molar-refractivity contribution < 1.29 is 9.53 Å². The first-order valence-electron chi connectivity index (χ1n) is 7.57. The summed E-state index contributed by atoms with van der Waals surface area (Å²) < 4.78 is 5.74. The zero-order valence-corrected chi connectivity index (χ0v) is 13.6. The number of ether oxygens (including phenoxy) is 1. The van der Waals surface area contributed by atoms with Crippen LogP contribution in [0, 0.1) is 19.8 Å². The van der Waals surface area contributed by atoms with Crippen LogP contribution >= 0.6 is 0 Å². The molecule has 22 heavy (non-hydrogen) atoms. The normalized spacial score (nSPS) is 10.6. The van der Waals surface area contributed by atoms with Crippen molar-refractivity contribution in [2.24, 2.45) is 5.92 Å². The van der Waals surface area contributed by atoms with E-state index in [0.29, 0.717) is 23.8 Å². The zero-order chi connectivity index (χ0) is 16.1. The Labute approximate surface area is 132 Å². The summed E-state index contributed by atoms with van der Waals surface area (Å²) >= 11 is 0. The van der Waals surface area contributed by atoms with Gasteiger partial charge in [-0.05, 0) is 55.2 Å². The Kier molecular flexibility index (Phi) is 5.21. The first kappa shape index (κ1) is 16.1. The SMILES string of the molecule is Cc1cc(C)cc(NC(=O)c2ccccc2OCC(C)C)c1. The van der Waals surface area contributed by atoms with Crippen LogP contribution in [-0.4, -0.2) is 12.5 Å². The first-order chi connectivity index (χ1) is 10.5. The van der Waals surface area contributed by atoms with Crippen molar-refractivity contribution >= 4 is 11.6 Å². The molecule has 1 amide bonds. The third-order valence-electron chi connectivity index (χ3n) is 3.18. The lowest BCUT2D eigenvalue weighted by Crippen LogP contribution is -2.15. The lowest BCUT2D eigenvalue weighted by molar-refractivity contribution is 0.102. The molecule has 2 rings (SSSR count). The van der Waals surface area contributed by atoms with E-state index in [0.717, 1.165) is 16.8 Å². The van der Waals surface area contributed by atoms with E-state index in [1.54, 1.807) is 6.07 Å². The van der Waals surface area contributed by atoms with Crippen LogP contribution in [0.1, 0.15) is 35.3 Å². The van der Waals surface area contributed by atoms with Gasteiger partial charge < -0.3 is 10.1 Å². The minimum absolute atomic E-state index is 0.149. The number of rotatable bonds is 5. The molecule has 2 aromatic carbocycles. The number of anilines is 1. The van der Waals surface area contributed by atoms with E-state index >= 15 is 0 Å². The second kappa shape index (κ2) is 7.12. The summed E-state index contributed by atoms with van der Waals surface area (Å²) in [5, 5.41) is 2.95. The molecule has 0 unspecified atom stereocenters. The molecular formula is C19H23NO2. The predicted octanol–water partition coefficient (Wildman–Crippen LogP) is 4.59. The summed E-state index contributed by atoms with van der Waals surface area (Å²) in [7, 11) is 0. The molecule has 0 atom stereocenters. The van der Waals surface area contributed by atoms with Gasteiger partial charge in [-0.15, -0.1) is 0 Å². The van der Waals surface area contributed by atoms with Crippen LogP contribution < -0.4 is 10.1 Å². The van der Waals surface area contributed by atoms with E-state index in [1.807, 2.05) is 44.2 Å².